The molecule has 3 amide bonds. The van der Waals surface area contributed by atoms with Gasteiger partial charge in [0.05, 0.1) is 16.1 Å². The van der Waals surface area contributed by atoms with Gasteiger partial charge in [-0.1, -0.05) is 44.5 Å². The number of aromatic nitrogens is 1. The number of carbonyl (C=O) groups excluding carboxylic acids is 3. The maximum atomic E-state index is 13.2. The van der Waals surface area contributed by atoms with Crippen LogP contribution < -0.4 is 16.0 Å². The van der Waals surface area contributed by atoms with Gasteiger partial charge in [-0.15, -0.1) is 0 Å². The summed E-state index contributed by atoms with van der Waals surface area (Å²) in [6, 6.07) is 16.2. The van der Waals surface area contributed by atoms with Gasteiger partial charge in [0.2, 0.25) is 5.91 Å². The molecule has 0 bridgehead atoms. The number of nitrogens with zero attached hydrogens (tertiary/aromatic N) is 1. The zero-order valence-electron chi connectivity index (χ0n) is 23.2. The van der Waals surface area contributed by atoms with Crippen LogP contribution in [-0.2, 0) is 24.1 Å². The van der Waals surface area contributed by atoms with Crippen LogP contribution in [0.4, 0.5) is 24.5 Å². The lowest BCUT2D eigenvalue weighted by Gasteiger charge is -2.12. The third-order valence-corrected chi connectivity index (χ3v) is 6.88. The number of aryl methyl sites for hydroxylation is 1. The Morgan fingerprint density at radius 1 is 0.905 bits per heavy atom. The normalized spacial score (nSPS) is 11.5. The van der Waals surface area contributed by atoms with Gasteiger partial charge in [-0.25, -0.2) is 0 Å². The molecular weight excluding hydrogens is 569 g/mol. The number of benzene rings is 3. The first kappa shape index (κ1) is 30.6. The van der Waals surface area contributed by atoms with Gasteiger partial charge < -0.3 is 20.5 Å². The highest BCUT2D eigenvalue weighted by Crippen LogP contribution is 2.31. The fraction of sp³-hybridized carbons (Fsp3) is 0.258. The summed E-state index contributed by atoms with van der Waals surface area (Å²) < 4.78 is 41.2. The molecule has 0 saturated heterocycles. The average Bonchev–Trinajstić information content (AvgIpc) is 3.29. The second-order valence-corrected chi connectivity index (χ2v) is 10.5. The van der Waals surface area contributed by atoms with Gasteiger partial charge >= 0.3 is 6.18 Å². The Morgan fingerprint density at radius 2 is 1.62 bits per heavy atom. The second kappa shape index (κ2) is 12.7. The first-order valence-corrected chi connectivity index (χ1v) is 13.7. The van der Waals surface area contributed by atoms with Crippen molar-refractivity contribution in [1.29, 1.82) is 0 Å². The van der Waals surface area contributed by atoms with Crippen molar-refractivity contribution in [2.24, 2.45) is 5.92 Å². The Balaban J connectivity index is 1.56. The number of rotatable bonds is 9. The van der Waals surface area contributed by atoms with Gasteiger partial charge in [0.1, 0.15) is 5.69 Å². The van der Waals surface area contributed by atoms with Crippen LogP contribution >= 0.6 is 11.6 Å². The van der Waals surface area contributed by atoms with E-state index >= 15 is 0 Å². The van der Waals surface area contributed by atoms with Crippen LogP contribution in [0.25, 0.3) is 10.9 Å². The van der Waals surface area contributed by atoms with Gasteiger partial charge in [0, 0.05) is 41.3 Å². The van der Waals surface area contributed by atoms with E-state index in [1.165, 1.54) is 12.1 Å². The SMILES string of the molecule is CCCn1c(C(=O)Nc2cccc(C(F)(F)F)c2)cc2cc(NC(=O)c3cc(CNC(=O)C(C)C)ccc3Cl)ccc21. The molecule has 42 heavy (non-hydrogen) atoms. The van der Waals surface area contributed by atoms with Gasteiger partial charge in [-0.2, -0.15) is 13.2 Å². The molecule has 0 aliphatic carbocycles. The van der Waals surface area contributed by atoms with Crippen LogP contribution in [0.3, 0.4) is 0 Å². The summed E-state index contributed by atoms with van der Waals surface area (Å²) in [5.41, 5.74) is 1.57. The zero-order chi connectivity index (χ0) is 30.6. The van der Waals surface area contributed by atoms with Gasteiger partial charge in [0.25, 0.3) is 11.8 Å². The molecule has 0 spiro atoms. The van der Waals surface area contributed by atoms with Gasteiger partial charge in [-0.3, -0.25) is 14.4 Å². The minimum absolute atomic E-state index is 0.0268. The second-order valence-electron chi connectivity index (χ2n) is 10.1. The van der Waals surface area contributed by atoms with Crippen molar-refractivity contribution in [2.45, 2.75) is 46.5 Å². The predicted molar refractivity (Wildman–Crippen MR) is 158 cm³/mol. The lowest BCUT2D eigenvalue weighted by Crippen LogP contribution is -2.27. The molecule has 0 aliphatic heterocycles. The number of halogens is 4. The number of fused-ring (bicyclic) bond motifs is 1. The summed E-state index contributed by atoms with van der Waals surface area (Å²) in [6.45, 7) is 6.26. The molecule has 0 fully saturated rings. The summed E-state index contributed by atoms with van der Waals surface area (Å²) in [7, 11) is 0. The highest BCUT2D eigenvalue weighted by Gasteiger charge is 2.30. The predicted octanol–water partition coefficient (Wildman–Crippen LogP) is 7.50. The Bertz CT molecular complexity index is 1650. The maximum absolute atomic E-state index is 13.2. The van der Waals surface area contributed by atoms with Crippen LogP contribution in [0.15, 0.2) is 66.7 Å². The maximum Gasteiger partial charge on any atom is 0.416 e. The first-order valence-electron chi connectivity index (χ1n) is 13.4. The summed E-state index contributed by atoms with van der Waals surface area (Å²) in [5, 5.41) is 9.10. The molecule has 3 N–H and O–H groups in total. The molecule has 0 aliphatic rings. The Hall–Kier alpha value is -4.31. The van der Waals surface area contributed by atoms with E-state index in [-0.39, 0.29) is 40.3 Å². The Kier molecular flexibility index (Phi) is 9.26. The molecule has 4 rings (SSSR count). The summed E-state index contributed by atoms with van der Waals surface area (Å²) in [4.78, 5) is 38.2. The van der Waals surface area contributed by atoms with E-state index in [1.807, 2.05) is 6.92 Å². The highest BCUT2D eigenvalue weighted by molar-refractivity contribution is 6.34. The monoisotopic (exact) mass is 598 g/mol. The van der Waals surface area contributed by atoms with E-state index in [0.29, 0.717) is 29.6 Å². The molecule has 4 aromatic rings. The van der Waals surface area contributed by atoms with Crippen molar-refractivity contribution in [1.82, 2.24) is 9.88 Å². The van der Waals surface area contributed by atoms with Crippen molar-refractivity contribution < 1.29 is 27.6 Å². The molecule has 3 aromatic carbocycles. The number of nitrogens with one attached hydrogen (secondary N) is 3. The molecular formula is C31H30ClF3N4O3. The smallest absolute Gasteiger partial charge is 0.352 e. The topological polar surface area (TPSA) is 92.2 Å². The average molecular weight is 599 g/mol. The van der Waals surface area contributed by atoms with Crippen LogP contribution in [0, 0.1) is 5.92 Å². The van der Waals surface area contributed by atoms with Gasteiger partial charge in [0.15, 0.2) is 0 Å². The van der Waals surface area contributed by atoms with Crippen molar-refractivity contribution >= 4 is 51.6 Å². The first-order chi connectivity index (χ1) is 19.9. The fourth-order valence-corrected chi connectivity index (χ4v) is 4.62. The number of amides is 3. The summed E-state index contributed by atoms with van der Waals surface area (Å²) in [5.74, 6) is -1.29. The Morgan fingerprint density at radius 3 is 2.31 bits per heavy atom. The molecule has 1 aromatic heterocycles. The van der Waals surface area contributed by atoms with Crippen LogP contribution in [0.5, 0.6) is 0 Å². The standard InChI is InChI=1S/C31H30ClF3N4O3/c1-4-12-39-26-11-9-23(37-29(41)24-13-19(8-10-25(24)32)17-36-28(40)18(2)3)14-20(26)15-27(39)30(42)38-22-7-5-6-21(16-22)31(33,34)35/h5-11,13-16,18H,4,12,17H2,1-3H3,(H,36,40)(H,37,41)(H,38,42). The van der Waals surface area contributed by atoms with Crippen molar-refractivity contribution in [2.75, 3.05) is 10.6 Å². The number of hydrogen-bond donors (Lipinski definition) is 3. The van der Waals surface area contributed by atoms with Crippen LogP contribution in [0.1, 0.15) is 59.2 Å². The highest BCUT2D eigenvalue weighted by atomic mass is 35.5. The molecule has 11 heteroatoms. The molecule has 1 heterocycles. The molecule has 0 atom stereocenters. The molecule has 0 radical (unpaired) electrons. The van der Waals surface area contributed by atoms with E-state index in [9.17, 15) is 27.6 Å². The Labute approximate surface area is 246 Å². The molecule has 7 nitrogen and oxygen atoms in total. The van der Waals surface area contributed by atoms with E-state index in [0.717, 1.165) is 17.6 Å². The van der Waals surface area contributed by atoms with Crippen LogP contribution in [0.2, 0.25) is 5.02 Å². The molecule has 0 unspecified atom stereocenters. The van der Waals surface area contributed by atoms with E-state index < -0.39 is 23.6 Å². The fourth-order valence-electron chi connectivity index (χ4n) is 4.42. The minimum Gasteiger partial charge on any atom is -0.352 e. The van der Waals surface area contributed by atoms with E-state index in [4.69, 9.17) is 11.6 Å². The largest absolute Gasteiger partial charge is 0.416 e. The number of carbonyl (C=O) groups is 3. The lowest BCUT2D eigenvalue weighted by molar-refractivity contribution is -0.137. The van der Waals surface area contributed by atoms with Crippen molar-refractivity contribution in [3.05, 3.63) is 94.1 Å². The quantitative estimate of drug-likeness (QED) is 0.186. The van der Waals surface area contributed by atoms with Crippen LogP contribution in [-0.4, -0.2) is 22.3 Å². The molecule has 0 saturated carbocycles. The third kappa shape index (κ3) is 7.12. The van der Waals surface area contributed by atoms with E-state index in [1.54, 1.807) is 60.9 Å². The van der Waals surface area contributed by atoms with Crippen molar-refractivity contribution in [3.8, 4) is 0 Å². The molecule has 220 valence electrons. The number of hydrogen-bond acceptors (Lipinski definition) is 3. The minimum atomic E-state index is -4.53. The zero-order valence-corrected chi connectivity index (χ0v) is 24.0. The third-order valence-electron chi connectivity index (χ3n) is 6.55. The van der Waals surface area contributed by atoms with Crippen molar-refractivity contribution in [3.63, 3.8) is 0 Å². The summed E-state index contributed by atoms with van der Waals surface area (Å²) in [6.07, 6.45) is -3.83. The van der Waals surface area contributed by atoms with E-state index in [2.05, 4.69) is 16.0 Å². The number of anilines is 2. The number of alkyl halides is 3. The van der Waals surface area contributed by atoms with Gasteiger partial charge in [-0.05, 0) is 66.6 Å². The lowest BCUT2D eigenvalue weighted by atomic mass is 10.1. The summed E-state index contributed by atoms with van der Waals surface area (Å²) >= 11 is 6.30.